The second kappa shape index (κ2) is 4.64. The standard InChI is InChI=1S/C7H13N3/c1-3-4-5-7(8)6(2)10-9/h3-5,10H,2,8-9H2,1H3/b4-3-,7-5+. The third-order valence-corrected chi connectivity index (χ3v) is 0.991. The smallest absolute Gasteiger partial charge is 0.0643 e. The fraction of sp³-hybridized carbons (Fsp3) is 0.143. The Bertz CT molecular complexity index is 168. The zero-order chi connectivity index (χ0) is 7.98. The van der Waals surface area contributed by atoms with Gasteiger partial charge in [-0.25, -0.2) is 0 Å². The van der Waals surface area contributed by atoms with E-state index >= 15 is 0 Å². The minimum Gasteiger partial charge on any atom is -0.397 e. The summed E-state index contributed by atoms with van der Waals surface area (Å²) in [6.07, 6.45) is 5.41. The number of rotatable bonds is 3. The summed E-state index contributed by atoms with van der Waals surface area (Å²) in [7, 11) is 0. The summed E-state index contributed by atoms with van der Waals surface area (Å²) in [6, 6.07) is 0. The fourth-order valence-electron chi connectivity index (χ4n) is 0.384. The van der Waals surface area contributed by atoms with Gasteiger partial charge in [-0.2, -0.15) is 0 Å². The van der Waals surface area contributed by atoms with Crippen LogP contribution in [0.25, 0.3) is 0 Å². The Morgan fingerprint density at radius 1 is 1.60 bits per heavy atom. The summed E-state index contributed by atoms with van der Waals surface area (Å²) in [6.45, 7) is 5.47. The summed E-state index contributed by atoms with van der Waals surface area (Å²) < 4.78 is 0. The van der Waals surface area contributed by atoms with Crippen molar-refractivity contribution in [3.8, 4) is 0 Å². The molecule has 0 aliphatic heterocycles. The number of allylic oxidation sites excluding steroid dienone is 3. The van der Waals surface area contributed by atoms with Crippen molar-refractivity contribution in [2.24, 2.45) is 11.6 Å². The van der Waals surface area contributed by atoms with Gasteiger partial charge in [-0.15, -0.1) is 0 Å². The van der Waals surface area contributed by atoms with Crippen LogP contribution in [-0.4, -0.2) is 0 Å². The minimum atomic E-state index is 0.526. The number of hydrogen-bond acceptors (Lipinski definition) is 3. The summed E-state index contributed by atoms with van der Waals surface area (Å²) in [5.41, 5.74) is 8.90. The highest BCUT2D eigenvalue weighted by molar-refractivity contribution is 5.26. The third kappa shape index (κ3) is 2.94. The average Bonchev–Trinajstić information content (AvgIpc) is 1.98. The molecular weight excluding hydrogens is 126 g/mol. The maximum Gasteiger partial charge on any atom is 0.0643 e. The van der Waals surface area contributed by atoms with Gasteiger partial charge in [0.25, 0.3) is 0 Å². The van der Waals surface area contributed by atoms with Gasteiger partial charge < -0.3 is 11.2 Å². The average molecular weight is 139 g/mol. The minimum absolute atomic E-state index is 0.526. The topological polar surface area (TPSA) is 64.1 Å². The van der Waals surface area contributed by atoms with Crippen molar-refractivity contribution in [2.75, 3.05) is 0 Å². The molecule has 0 aliphatic rings. The van der Waals surface area contributed by atoms with Crippen molar-refractivity contribution in [3.63, 3.8) is 0 Å². The SMILES string of the molecule is C=C(NN)/C(N)=C\C=C/C. The van der Waals surface area contributed by atoms with Crippen LogP contribution in [0.1, 0.15) is 6.92 Å². The van der Waals surface area contributed by atoms with Crippen molar-refractivity contribution in [1.29, 1.82) is 0 Å². The van der Waals surface area contributed by atoms with Crippen molar-refractivity contribution in [2.45, 2.75) is 6.92 Å². The first-order chi connectivity index (χ1) is 4.72. The molecule has 0 heterocycles. The van der Waals surface area contributed by atoms with E-state index in [-0.39, 0.29) is 0 Å². The van der Waals surface area contributed by atoms with Crippen LogP contribution in [0.4, 0.5) is 0 Å². The van der Waals surface area contributed by atoms with E-state index in [1.165, 1.54) is 0 Å². The van der Waals surface area contributed by atoms with Crippen LogP contribution in [0.2, 0.25) is 0 Å². The molecule has 0 radical (unpaired) electrons. The van der Waals surface area contributed by atoms with Crippen LogP contribution in [0.3, 0.4) is 0 Å². The molecule has 0 aromatic carbocycles. The molecule has 0 bridgehead atoms. The highest BCUT2D eigenvalue weighted by atomic mass is 15.2. The third-order valence-electron chi connectivity index (χ3n) is 0.991. The van der Waals surface area contributed by atoms with Crippen LogP contribution in [-0.2, 0) is 0 Å². The predicted molar refractivity (Wildman–Crippen MR) is 43.5 cm³/mol. The van der Waals surface area contributed by atoms with Gasteiger partial charge in [0.1, 0.15) is 0 Å². The van der Waals surface area contributed by atoms with Gasteiger partial charge in [0.2, 0.25) is 0 Å². The molecule has 3 heteroatoms. The first-order valence-corrected chi connectivity index (χ1v) is 2.96. The maximum absolute atomic E-state index is 5.48. The first kappa shape index (κ1) is 8.78. The summed E-state index contributed by atoms with van der Waals surface area (Å²) >= 11 is 0. The molecular formula is C7H13N3. The van der Waals surface area contributed by atoms with Gasteiger partial charge in [0, 0.05) is 0 Å². The van der Waals surface area contributed by atoms with Crippen LogP contribution in [0.5, 0.6) is 0 Å². The second-order valence-electron chi connectivity index (χ2n) is 1.77. The van der Waals surface area contributed by atoms with Crippen molar-refractivity contribution >= 4 is 0 Å². The van der Waals surface area contributed by atoms with Crippen LogP contribution in [0, 0.1) is 0 Å². The van der Waals surface area contributed by atoms with Crippen molar-refractivity contribution < 1.29 is 0 Å². The van der Waals surface area contributed by atoms with Crippen LogP contribution < -0.4 is 17.0 Å². The summed E-state index contributed by atoms with van der Waals surface area (Å²) in [5, 5.41) is 0. The Balaban J connectivity index is 4.05. The lowest BCUT2D eigenvalue weighted by atomic mass is 10.3. The van der Waals surface area contributed by atoms with E-state index in [2.05, 4.69) is 12.0 Å². The molecule has 3 nitrogen and oxygen atoms in total. The van der Waals surface area contributed by atoms with Gasteiger partial charge in [0.05, 0.1) is 11.4 Å². The molecule has 0 amide bonds. The molecule has 10 heavy (non-hydrogen) atoms. The molecule has 5 N–H and O–H groups in total. The normalized spacial score (nSPS) is 12.0. The van der Waals surface area contributed by atoms with E-state index in [0.29, 0.717) is 11.4 Å². The fourth-order valence-corrected chi connectivity index (χ4v) is 0.384. The second-order valence-corrected chi connectivity index (χ2v) is 1.77. The van der Waals surface area contributed by atoms with Crippen LogP contribution >= 0.6 is 0 Å². The molecule has 0 rings (SSSR count). The Kier molecular flexibility index (Phi) is 4.07. The van der Waals surface area contributed by atoms with Gasteiger partial charge in [-0.05, 0) is 13.0 Å². The van der Waals surface area contributed by atoms with E-state index in [9.17, 15) is 0 Å². The summed E-state index contributed by atoms with van der Waals surface area (Å²) in [5.74, 6) is 5.05. The van der Waals surface area contributed by atoms with Crippen molar-refractivity contribution in [1.82, 2.24) is 5.43 Å². The number of nitrogens with two attached hydrogens (primary N) is 2. The van der Waals surface area contributed by atoms with Gasteiger partial charge in [-0.3, -0.25) is 5.84 Å². The maximum atomic E-state index is 5.48. The molecule has 0 spiro atoms. The lowest BCUT2D eigenvalue weighted by Gasteiger charge is -2.01. The molecule has 0 aromatic rings. The molecule has 0 unspecified atom stereocenters. The van der Waals surface area contributed by atoms with Gasteiger partial charge >= 0.3 is 0 Å². The highest BCUT2D eigenvalue weighted by Crippen LogP contribution is 1.93. The first-order valence-electron chi connectivity index (χ1n) is 2.96. The molecule has 0 fully saturated rings. The molecule has 0 aromatic heterocycles. The molecule has 0 atom stereocenters. The zero-order valence-electron chi connectivity index (χ0n) is 6.09. The molecule has 56 valence electrons. The Morgan fingerprint density at radius 2 is 2.20 bits per heavy atom. The summed E-state index contributed by atoms with van der Waals surface area (Å²) in [4.78, 5) is 0. The van der Waals surface area contributed by atoms with Crippen molar-refractivity contribution in [3.05, 3.63) is 36.2 Å². The predicted octanol–water partition coefficient (Wildman–Crippen LogP) is 0.382. The molecule has 0 saturated carbocycles. The monoisotopic (exact) mass is 139 g/mol. The van der Waals surface area contributed by atoms with E-state index in [0.717, 1.165) is 0 Å². The van der Waals surface area contributed by atoms with Gasteiger partial charge in [-0.1, -0.05) is 18.7 Å². The Morgan fingerprint density at radius 3 is 2.60 bits per heavy atom. The lowest BCUT2D eigenvalue weighted by Crippen LogP contribution is -2.24. The largest absolute Gasteiger partial charge is 0.397 e. The number of nitrogens with one attached hydrogen (secondary N) is 1. The molecule has 0 saturated heterocycles. The quantitative estimate of drug-likeness (QED) is 0.301. The van der Waals surface area contributed by atoms with Crippen LogP contribution in [0.15, 0.2) is 36.2 Å². The Labute approximate surface area is 61.1 Å². The van der Waals surface area contributed by atoms with E-state index in [1.54, 1.807) is 6.08 Å². The molecule has 0 aliphatic carbocycles. The lowest BCUT2D eigenvalue weighted by molar-refractivity contribution is 0.895. The number of hydrazine groups is 1. The highest BCUT2D eigenvalue weighted by Gasteiger charge is 1.89. The van der Waals surface area contributed by atoms with E-state index in [4.69, 9.17) is 11.6 Å². The van der Waals surface area contributed by atoms with E-state index in [1.807, 2.05) is 19.1 Å². The van der Waals surface area contributed by atoms with E-state index < -0.39 is 0 Å². The Hall–Kier alpha value is -1.22. The van der Waals surface area contributed by atoms with Gasteiger partial charge in [0.15, 0.2) is 0 Å². The zero-order valence-corrected chi connectivity index (χ0v) is 6.09. The number of hydrogen-bond donors (Lipinski definition) is 3.